The van der Waals surface area contributed by atoms with Crippen LogP contribution in [0.3, 0.4) is 0 Å². The Morgan fingerprint density at radius 3 is 1.00 bits per heavy atom. The molecule has 0 aromatic carbocycles. The second-order valence-corrected chi connectivity index (χ2v) is 0. The van der Waals surface area contributed by atoms with Gasteiger partial charge in [0.15, 0.2) is 0 Å². The van der Waals surface area contributed by atoms with Crippen LogP contribution in [0.15, 0.2) is 0 Å². The van der Waals surface area contributed by atoms with E-state index in [0.717, 1.165) is 0 Å². The first-order valence-corrected chi connectivity index (χ1v) is 0. The zero-order chi connectivity index (χ0) is 0. The Morgan fingerprint density at radius 1 is 1.00 bits per heavy atom. The minimum atomic E-state index is 0. The molecule has 0 aliphatic carbocycles. The van der Waals surface area contributed by atoms with Gasteiger partial charge in [-0.25, -0.2) is 0 Å². The molecule has 0 saturated carbocycles. The van der Waals surface area contributed by atoms with Gasteiger partial charge in [0.1, 0.15) is 0 Å². The fraction of sp³-hybridized carbons (Fsp3) is 0. The summed E-state index contributed by atoms with van der Waals surface area (Å²) in [4.78, 5) is 0. The summed E-state index contributed by atoms with van der Waals surface area (Å²) >= 11 is 0. The SMILES string of the molecule is Br.[Br-].[CH3-].[Mg+2]. The van der Waals surface area contributed by atoms with Gasteiger partial charge in [0.2, 0.25) is 0 Å². The van der Waals surface area contributed by atoms with Crippen LogP contribution in [0.1, 0.15) is 0 Å². The van der Waals surface area contributed by atoms with Crippen molar-refractivity contribution in [2.24, 2.45) is 0 Å². The van der Waals surface area contributed by atoms with Crippen LogP contribution in [-0.4, -0.2) is 23.1 Å². The van der Waals surface area contributed by atoms with Gasteiger partial charge in [0.25, 0.3) is 0 Å². The maximum Gasteiger partial charge on any atom is 2.00 e. The van der Waals surface area contributed by atoms with E-state index in [1.807, 2.05) is 0 Å². The molecule has 0 aromatic heterocycles. The fourth-order valence-electron chi connectivity index (χ4n) is 0. The van der Waals surface area contributed by atoms with Crippen molar-refractivity contribution in [1.82, 2.24) is 0 Å². The molecule has 0 nitrogen and oxygen atoms in total. The first kappa shape index (κ1) is 42.9. The van der Waals surface area contributed by atoms with E-state index in [2.05, 4.69) is 0 Å². The van der Waals surface area contributed by atoms with Gasteiger partial charge in [-0.3, -0.25) is 0 Å². The molecular formula is CH4Br2Mg. The van der Waals surface area contributed by atoms with Crippen LogP contribution in [0, 0.1) is 7.43 Å². The Bertz CT molecular complexity index is 6.00. The molecule has 3 heteroatoms. The van der Waals surface area contributed by atoms with Crippen molar-refractivity contribution in [1.29, 1.82) is 0 Å². The van der Waals surface area contributed by atoms with E-state index < -0.39 is 0 Å². The van der Waals surface area contributed by atoms with E-state index >= 15 is 0 Å². The van der Waals surface area contributed by atoms with Crippen molar-refractivity contribution in [3.8, 4) is 0 Å². The van der Waals surface area contributed by atoms with E-state index in [1.165, 1.54) is 0 Å². The zero-order valence-electron chi connectivity index (χ0n) is 2.49. The van der Waals surface area contributed by atoms with Crippen LogP contribution in [-0.2, 0) is 0 Å². The first-order valence-electron chi connectivity index (χ1n) is 0. The molecule has 0 aliphatic rings. The topological polar surface area (TPSA) is 0 Å². The van der Waals surface area contributed by atoms with E-state index in [4.69, 9.17) is 0 Å². The van der Waals surface area contributed by atoms with Gasteiger partial charge in [0.05, 0.1) is 0 Å². The average Bonchev–Trinajstić information content (AvgIpc) is 0. The predicted octanol–water partition coefficient (Wildman–Crippen LogP) is -2.35. The summed E-state index contributed by atoms with van der Waals surface area (Å²) in [6, 6.07) is 0. The number of halogens is 2. The zero-order valence-corrected chi connectivity index (χ0v) is 7.21. The van der Waals surface area contributed by atoms with Gasteiger partial charge in [-0.05, 0) is 0 Å². The second kappa shape index (κ2) is 22.0. The molecule has 0 saturated heterocycles. The van der Waals surface area contributed by atoms with Crippen molar-refractivity contribution in [3.05, 3.63) is 7.43 Å². The van der Waals surface area contributed by atoms with Crippen LogP contribution in [0.25, 0.3) is 0 Å². The maximum atomic E-state index is 0. The Morgan fingerprint density at radius 2 is 1.00 bits per heavy atom. The smallest absolute Gasteiger partial charge is 1.00 e. The van der Waals surface area contributed by atoms with Crippen molar-refractivity contribution < 1.29 is 17.0 Å². The summed E-state index contributed by atoms with van der Waals surface area (Å²) in [5, 5.41) is 0. The van der Waals surface area contributed by atoms with Crippen LogP contribution in [0.4, 0.5) is 0 Å². The number of rotatable bonds is 0. The van der Waals surface area contributed by atoms with Crippen molar-refractivity contribution in [3.63, 3.8) is 0 Å². The van der Waals surface area contributed by atoms with Crippen molar-refractivity contribution in [2.45, 2.75) is 0 Å². The van der Waals surface area contributed by atoms with Gasteiger partial charge in [-0.1, -0.05) is 0 Å². The van der Waals surface area contributed by atoms with Crippen LogP contribution >= 0.6 is 17.0 Å². The van der Waals surface area contributed by atoms with Crippen molar-refractivity contribution in [2.75, 3.05) is 0 Å². The van der Waals surface area contributed by atoms with Gasteiger partial charge in [-0.15, -0.1) is 17.0 Å². The molecule has 4 heavy (non-hydrogen) atoms. The molecule has 24 valence electrons. The normalized spacial score (nSPS) is 0. The minimum Gasteiger partial charge on any atom is -1.00 e. The molecule has 0 aromatic rings. The average molecular weight is 200 g/mol. The minimum absolute atomic E-state index is 0. The molecule has 0 amide bonds. The summed E-state index contributed by atoms with van der Waals surface area (Å²) in [6.07, 6.45) is 0. The molecule has 0 radical (unpaired) electrons. The Labute approximate surface area is 64.0 Å². The quantitative estimate of drug-likeness (QED) is 0.303. The molecule has 0 unspecified atom stereocenters. The Hall–Kier alpha value is 1.73. The van der Waals surface area contributed by atoms with Gasteiger partial charge in [-0.2, -0.15) is 0 Å². The largest absolute Gasteiger partial charge is 2.00 e. The predicted molar refractivity (Wildman–Crippen MR) is 22.5 cm³/mol. The monoisotopic (exact) mass is 198 g/mol. The Balaban J connectivity index is 0. The third-order valence-corrected chi connectivity index (χ3v) is 0. The molecule has 0 bridgehead atoms. The molecule has 0 fully saturated rings. The maximum absolute atomic E-state index is 0. The van der Waals surface area contributed by atoms with Crippen LogP contribution in [0.2, 0.25) is 0 Å². The van der Waals surface area contributed by atoms with Gasteiger partial charge in [0, 0.05) is 0 Å². The summed E-state index contributed by atoms with van der Waals surface area (Å²) in [6.45, 7) is 0. The van der Waals surface area contributed by atoms with E-state index in [-0.39, 0.29) is 64.4 Å². The third-order valence-electron chi connectivity index (χ3n) is 0. The van der Waals surface area contributed by atoms with Crippen LogP contribution in [0.5, 0.6) is 0 Å². The molecule has 0 rings (SSSR count). The summed E-state index contributed by atoms with van der Waals surface area (Å²) < 4.78 is 0. The number of hydrogen-bond donors (Lipinski definition) is 0. The van der Waals surface area contributed by atoms with E-state index in [9.17, 15) is 0 Å². The van der Waals surface area contributed by atoms with Gasteiger partial charge >= 0.3 is 23.1 Å². The molecule has 0 atom stereocenters. The standard InChI is InChI=1S/CH3.2BrH.Mg/h1H3;2*1H;/q-1;;;+2/p-1. The van der Waals surface area contributed by atoms with Gasteiger partial charge < -0.3 is 24.4 Å². The summed E-state index contributed by atoms with van der Waals surface area (Å²) in [5.74, 6) is 0. The molecule has 0 aliphatic heterocycles. The molecule has 0 heterocycles. The van der Waals surface area contributed by atoms with Crippen LogP contribution < -0.4 is 17.0 Å². The van der Waals surface area contributed by atoms with Crippen molar-refractivity contribution >= 4 is 40.0 Å². The molecule has 0 N–H and O–H groups in total. The second-order valence-electron chi connectivity index (χ2n) is 0. The van der Waals surface area contributed by atoms with E-state index in [0.29, 0.717) is 0 Å². The fourth-order valence-corrected chi connectivity index (χ4v) is 0. The first-order chi connectivity index (χ1) is 0. The molecular weight excluding hydrogens is 196 g/mol. The summed E-state index contributed by atoms with van der Waals surface area (Å²) in [7, 11) is 0. The molecule has 0 spiro atoms. The number of hydrogen-bond acceptors (Lipinski definition) is 0. The van der Waals surface area contributed by atoms with E-state index in [1.54, 1.807) is 0 Å². The summed E-state index contributed by atoms with van der Waals surface area (Å²) in [5.41, 5.74) is 0. The Kier molecular flexibility index (Phi) is 236. The third kappa shape index (κ3) is 9.29.